The standard InChI is InChI=1S/C40H45N7O10.2ClH/c1-45(21-29-32(54-3)18-24(19-33(29)55-4)28-22-46(2)38(51)27-20-41-11-10-25(27)28)23-35(49)43-13-15-57-17-16-56-14-12-42-30-7-5-6-26-36(30)40(53)47(39(26)52)31-8-9-34(48)44-37(31)50;;/h5-7,10-11,18-20,22,31,42H,8-9,12-17,21,23H2,1-4H3,(H,43,49)(H,44,48,50);2*1H. The number of pyridine rings is 2. The van der Waals surface area contributed by atoms with Gasteiger partial charge >= 0.3 is 0 Å². The first kappa shape index (κ1) is 46.1. The Hall–Kier alpha value is -5.59. The van der Waals surface area contributed by atoms with E-state index in [-0.39, 0.29) is 80.0 Å². The predicted octanol–water partition coefficient (Wildman–Crippen LogP) is 2.56. The van der Waals surface area contributed by atoms with Crippen molar-refractivity contribution in [1.29, 1.82) is 0 Å². The molecular weight excluding hydrogens is 809 g/mol. The van der Waals surface area contributed by atoms with E-state index in [2.05, 4.69) is 20.9 Å². The molecule has 19 heteroatoms. The van der Waals surface area contributed by atoms with Gasteiger partial charge in [0.1, 0.15) is 17.5 Å². The lowest BCUT2D eigenvalue weighted by Gasteiger charge is -2.27. The van der Waals surface area contributed by atoms with Crippen molar-refractivity contribution in [1.82, 2.24) is 30.0 Å². The molecule has 59 heavy (non-hydrogen) atoms. The number of carbonyl (C=O) groups excluding carboxylic acids is 5. The largest absolute Gasteiger partial charge is 0.496 e. The molecule has 17 nitrogen and oxygen atoms in total. The van der Waals surface area contributed by atoms with Gasteiger partial charge in [-0.3, -0.25) is 48.9 Å². The fourth-order valence-corrected chi connectivity index (χ4v) is 6.97. The third-order valence-electron chi connectivity index (χ3n) is 9.72. The molecule has 0 radical (unpaired) electrons. The average Bonchev–Trinajstić information content (AvgIpc) is 3.45. The number of likely N-dealkylation sites (N-methyl/N-ethyl adjacent to an activating group) is 1. The van der Waals surface area contributed by atoms with Crippen LogP contribution in [0.4, 0.5) is 5.69 Å². The van der Waals surface area contributed by atoms with Crippen LogP contribution in [0.25, 0.3) is 21.9 Å². The normalized spacial score (nSPS) is 14.7. The number of carbonyl (C=O) groups is 5. The molecule has 2 aromatic carbocycles. The molecule has 2 aliphatic rings. The third kappa shape index (κ3) is 10.4. The van der Waals surface area contributed by atoms with Gasteiger partial charge in [0, 0.05) is 62.9 Å². The minimum absolute atomic E-state index is 0. The number of anilines is 1. The van der Waals surface area contributed by atoms with Crippen LogP contribution in [-0.2, 0) is 37.4 Å². The Morgan fingerprint density at radius 1 is 0.915 bits per heavy atom. The number of rotatable bonds is 18. The molecule has 4 aromatic rings. The number of amides is 5. The summed E-state index contributed by atoms with van der Waals surface area (Å²) in [5.41, 5.74) is 3.07. The molecule has 1 saturated heterocycles. The molecule has 1 atom stereocenters. The van der Waals surface area contributed by atoms with E-state index in [0.717, 1.165) is 27.0 Å². The minimum atomic E-state index is -1.04. The van der Waals surface area contributed by atoms with Crippen molar-refractivity contribution >= 4 is 70.8 Å². The van der Waals surface area contributed by atoms with Gasteiger partial charge in [0.15, 0.2) is 0 Å². The molecule has 316 valence electrons. The van der Waals surface area contributed by atoms with Crippen molar-refractivity contribution in [2.24, 2.45) is 7.05 Å². The van der Waals surface area contributed by atoms with E-state index < -0.39 is 29.7 Å². The molecule has 1 unspecified atom stereocenters. The second kappa shape index (κ2) is 20.9. The zero-order valence-corrected chi connectivity index (χ0v) is 34.7. The molecule has 0 spiro atoms. The number of benzene rings is 2. The fourth-order valence-electron chi connectivity index (χ4n) is 6.97. The molecular formula is C40H47Cl2N7O10. The Labute approximate surface area is 352 Å². The lowest BCUT2D eigenvalue weighted by atomic mass is 9.99. The van der Waals surface area contributed by atoms with Crippen LogP contribution >= 0.6 is 24.8 Å². The van der Waals surface area contributed by atoms with Crippen LogP contribution in [0.3, 0.4) is 0 Å². The lowest BCUT2D eigenvalue weighted by molar-refractivity contribution is -0.136. The van der Waals surface area contributed by atoms with Crippen molar-refractivity contribution in [3.63, 3.8) is 0 Å². The summed E-state index contributed by atoms with van der Waals surface area (Å²) < 4.78 is 24.3. The first-order chi connectivity index (χ1) is 27.5. The third-order valence-corrected chi connectivity index (χ3v) is 9.72. The summed E-state index contributed by atoms with van der Waals surface area (Å²) in [7, 11) is 6.66. The molecule has 6 rings (SSSR count). The number of methoxy groups -OCH3 is 2. The number of imide groups is 2. The van der Waals surface area contributed by atoms with Gasteiger partial charge < -0.3 is 34.1 Å². The molecule has 4 heterocycles. The number of aromatic nitrogens is 2. The molecule has 0 aliphatic carbocycles. The van der Waals surface area contributed by atoms with E-state index in [1.165, 1.54) is 10.6 Å². The Morgan fingerprint density at radius 3 is 2.29 bits per heavy atom. The van der Waals surface area contributed by atoms with E-state index in [0.29, 0.717) is 55.4 Å². The average molecular weight is 857 g/mol. The maximum Gasteiger partial charge on any atom is 0.264 e. The second-order valence-electron chi connectivity index (χ2n) is 13.6. The van der Waals surface area contributed by atoms with Gasteiger partial charge in [0.05, 0.1) is 69.3 Å². The smallest absolute Gasteiger partial charge is 0.264 e. The van der Waals surface area contributed by atoms with Crippen LogP contribution in [0.15, 0.2) is 59.8 Å². The van der Waals surface area contributed by atoms with Gasteiger partial charge in [-0.25, -0.2) is 0 Å². The highest BCUT2D eigenvalue weighted by atomic mass is 35.5. The Bertz CT molecular complexity index is 2250. The number of hydrogen-bond acceptors (Lipinski definition) is 13. The van der Waals surface area contributed by atoms with Crippen LogP contribution in [0.2, 0.25) is 0 Å². The van der Waals surface area contributed by atoms with Crippen molar-refractivity contribution in [3.8, 4) is 22.6 Å². The van der Waals surface area contributed by atoms with Crippen molar-refractivity contribution < 1.29 is 42.9 Å². The molecule has 0 bridgehead atoms. The molecule has 0 saturated carbocycles. The molecule has 2 aliphatic heterocycles. The number of piperidine rings is 1. The number of aryl methyl sites for hydroxylation is 1. The summed E-state index contributed by atoms with van der Waals surface area (Å²) in [5.74, 6) is -1.28. The number of nitrogens with one attached hydrogen (secondary N) is 3. The first-order valence-corrected chi connectivity index (χ1v) is 18.4. The lowest BCUT2D eigenvalue weighted by Crippen LogP contribution is -2.54. The molecule has 3 N–H and O–H groups in total. The van der Waals surface area contributed by atoms with E-state index in [4.69, 9.17) is 18.9 Å². The van der Waals surface area contributed by atoms with Crippen LogP contribution in [0.1, 0.15) is 39.1 Å². The number of hydrogen-bond donors (Lipinski definition) is 3. The van der Waals surface area contributed by atoms with Gasteiger partial charge in [0.2, 0.25) is 17.7 Å². The van der Waals surface area contributed by atoms with E-state index in [1.807, 2.05) is 30.1 Å². The van der Waals surface area contributed by atoms with Gasteiger partial charge in [-0.05, 0) is 54.8 Å². The molecule has 1 fully saturated rings. The summed E-state index contributed by atoms with van der Waals surface area (Å²) in [6.07, 6.45) is 5.12. The van der Waals surface area contributed by atoms with Gasteiger partial charge in [0.25, 0.3) is 17.4 Å². The van der Waals surface area contributed by atoms with Gasteiger partial charge in [-0.15, -0.1) is 24.8 Å². The number of halogens is 2. The van der Waals surface area contributed by atoms with Gasteiger partial charge in [-0.2, -0.15) is 0 Å². The first-order valence-electron chi connectivity index (χ1n) is 18.4. The zero-order valence-electron chi connectivity index (χ0n) is 33.0. The molecule has 2 aromatic heterocycles. The summed E-state index contributed by atoms with van der Waals surface area (Å²) in [6.45, 7) is 2.29. The quantitative estimate of drug-likeness (QED) is 0.0976. The Kier molecular flexibility index (Phi) is 16.3. The highest BCUT2D eigenvalue weighted by Crippen LogP contribution is 2.38. The fraction of sp³-hybridized carbons (Fsp3) is 0.375. The monoisotopic (exact) mass is 855 g/mol. The topological polar surface area (TPSA) is 200 Å². The van der Waals surface area contributed by atoms with E-state index in [1.54, 1.807) is 52.0 Å². The van der Waals surface area contributed by atoms with Crippen LogP contribution < -0.4 is 31.0 Å². The van der Waals surface area contributed by atoms with Crippen LogP contribution in [0.5, 0.6) is 11.5 Å². The highest BCUT2D eigenvalue weighted by Gasteiger charge is 2.45. The van der Waals surface area contributed by atoms with Crippen molar-refractivity contribution in [3.05, 3.63) is 82.0 Å². The summed E-state index contributed by atoms with van der Waals surface area (Å²) in [4.78, 5) is 82.5. The summed E-state index contributed by atoms with van der Waals surface area (Å²) in [6, 6.07) is 9.42. The Morgan fingerprint density at radius 2 is 1.61 bits per heavy atom. The molecule has 5 amide bonds. The van der Waals surface area contributed by atoms with Crippen LogP contribution in [-0.4, -0.2) is 122 Å². The maximum atomic E-state index is 13.2. The van der Waals surface area contributed by atoms with Crippen molar-refractivity contribution in [2.75, 3.05) is 72.6 Å². The second-order valence-corrected chi connectivity index (χ2v) is 13.6. The SMILES string of the molecule is COc1cc(-c2cn(C)c(=O)c3cnccc23)cc(OC)c1CN(C)CC(=O)NCCOCCOCCNc1cccc2c1C(=O)N(C1CCC(=O)NC1=O)C2=O.Cl.Cl. The zero-order chi connectivity index (χ0) is 40.6. The number of nitrogens with zero attached hydrogens (tertiary/aromatic N) is 4. The van der Waals surface area contributed by atoms with Gasteiger partial charge in [-0.1, -0.05) is 6.07 Å². The predicted molar refractivity (Wildman–Crippen MR) is 223 cm³/mol. The Balaban J connectivity index is 0.00000384. The highest BCUT2D eigenvalue weighted by molar-refractivity contribution is 6.25. The summed E-state index contributed by atoms with van der Waals surface area (Å²) in [5, 5.41) is 9.44. The van der Waals surface area contributed by atoms with E-state index >= 15 is 0 Å². The van der Waals surface area contributed by atoms with Crippen LogP contribution in [0, 0.1) is 0 Å². The summed E-state index contributed by atoms with van der Waals surface area (Å²) >= 11 is 0. The van der Waals surface area contributed by atoms with Crippen molar-refractivity contribution in [2.45, 2.75) is 25.4 Å². The number of ether oxygens (including phenoxy) is 4. The maximum absolute atomic E-state index is 13.2. The van der Waals surface area contributed by atoms with E-state index in [9.17, 15) is 28.8 Å². The number of fused-ring (bicyclic) bond motifs is 2. The minimum Gasteiger partial charge on any atom is -0.496 e.